The van der Waals surface area contributed by atoms with Gasteiger partial charge in [-0.15, -0.1) is 0 Å². The SMILES string of the molecule is CCCCC(CC)Cn1nc(C)c(CNCC(C)C)c1C. The Kier molecular flexibility index (Phi) is 8.02. The van der Waals surface area contributed by atoms with Gasteiger partial charge in [-0.25, -0.2) is 0 Å². The highest BCUT2D eigenvalue weighted by Gasteiger charge is 2.14. The van der Waals surface area contributed by atoms with Crippen molar-refractivity contribution in [3.05, 3.63) is 17.0 Å². The summed E-state index contributed by atoms with van der Waals surface area (Å²) in [5.41, 5.74) is 3.92. The first-order chi connectivity index (χ1) is 9.99. The molecule has 0 fully saturated rings. The number of nitrogens with one attached hydrogen (secondary N) is 1. The van der Waals surface area contributed by atoms with Gasteiger partial charge in [0.2, 0.25) is 0 Å². The summed E-state index contributed by atoms with van der Waals surface area (Å²) in [7, 11) is 0. The molecule has 1 N–H and O–H groups in total. The minimum absolute atomic E-state index is 0.694. The Balaban J connectivity index is 2.67. The molecule has 0 aromatic carbocycles. The number of hydrogen-bond donors (Lipinski definition) is 1. The first-order valence-corrected chi connectivity index (χ1v) is 8.73. The molecular formula is C18H35N3. The van der Waals surface area contributed by atoms with E-state index in [-0.39, 0.29) is 0 Å². The van der Waals surface area contributed by atoms with E-state index in [2.05, 4.69) is 51.5 Å². The van der Waals surface area contributed by atoms with Crippen LogP contribution in [-0.2, 0) is 13.1 Å². The summed E-state index contributed by atoms with van der Waals surface area (Å²) in [5, 5.41) is 8.32. The Morgan fingerprint density at radius 1 is 1.19 bits per heavy atom. The Bertz CT molecular complexity index is 407. The zero-order valence-electron chi connectivity index (χ0n) is 15.0. The first kappa shape index (κ1) is 18.2. The van der Waals surface area contributed by atoms with E-state index in [1.165, 1.54) is 42.6 Å². The van der Waals surface area contributed by atoms with E-state index in [4.69, 9.17) is 5.10 Å². The van der Waals surface area contributed by atoms with Gasteiger partial charge in [0.25, 0.3) is 0 Å². The molecule has 0 bridgehead atoms. The maximum Gasteiger partial charge on any atom is 0.0641 e. The summed E-state index contributed by atoms with van der Waals surface area (Å²) in [6, 6.07) is 0. The topological polar surface area (TPSA) is 29.9 Å². The Labute approximate surface area is 131 Å². The molecule has 1 unspecified atom stereocenters. The number of aryl methyl sites for hydroxylation is 1. The standard InChI is InChI=1S/C18H35N3/c1-7-9-10-17(8-2)13-21-16(6)18(15(5)20-21)12-19-11-14(3)4/h14,17,19H,7-13H2,1-6H3. The van der Waals surface area contributed by atoms with E-state index in [0.29, 0.717) is 5.92 Å². The van der Waals surface area contributed by atoms with Gasteiger partial charge in [-0.05, 0) is 38.6 Å². The van der Waals surface area contributed by atoms with Crippen molar-refractivity contribution in [1.29, 1.82) is 0 Å². The lowest BCUT2D eigenvalue weighted by Gasteiger charge is -2.16. The van der Waals surface area contributed by atoms with Crippen LogP contribution in [0.3, 0.4) is 0 Å². The monoisotopic (exact) mass is 293 g/mol. The average Bonchev–Trinajstić information content (AvgIpc) is 2.70. The molecule has 1 aromatic rings. The summed E-state index contributed by atoms with van der Waals surface area (Å²) >= 11 is 0. The van der Waals surface area contributed by atoms with E-state index in [1.807, 2.05) is 0 Å². The number of hydrogen-bond acceptors (Lipinski definition) is 2. The van der Waals surface area contributed by atoms with E-state index in [0.717, 1.165) is 25.6 Å². The predicted molar refractivity (Wildman–Crippen MR) is 91.6 cm³/mol. The Morgan fingerprint density at radius 2 is 1.90 bits per heavy atom. The van der Waals surface area contributed by atoms with Gasteiger partial charge >= 0.3 is 0 Å². The summed E-state index contributed by atoms with van der Waals surface area (Å²) in [6.45, 7) is 16.5. The van der Waals surface area contributed by atoms with Crippen molar-refractivity contribution < 1.29 is 0 Å². The molecule has 0 saturated carbocycles. The van der Waals surface area contributed by atoms with Gasteiger partial charge in [-0.3, -0.25) is 4.68 Å². The van der Waals surface area contributed by atoms with Crippen molar-refractivity contribution in [2.45, 2.75) is 80.3 Å². The number of aromatic nitrogens is 2. The minimum Gasteiger partial charge on any atom is -0.312 e. The van der Waals surface area contributed by atoms with Crippen molar-refractivity contribution in [3.8, 4) is 0 Å². The van der Waals surface area contributed by atoms with Crippen LogP contribution >= 0.6 is 0 Å². The van der Waals surface area contributed by atoms with Gasteiger partial charge in [-0.1, -0.05) is 47.0 Å². The van der Waals surface area contributed by atoms with Crippen molar-refractivity contribution in [2.75, 3.05) is 6.54 Å². The molecule has 1 heterocycles. The van der Waals surface area contributed by atoms with E-state index >= 15 is 0 Å². The van der Waals surface area contributed by atoms with Crippen LogP contribution in [0.2, 0.25) is 0 Å². The molecule has 0 amide bonds. The fourth-order valence-electron chi connectivity index (χ4n) is 2.82. The van der Waals surface area contributed by atoms with Crippen molar-refractivity contribution >= 4 is 0 Å². The average molecular weight is 293 g/mol. The van der Waals surface area contributed by atoms with Crippen LogP contribution in [-0.4, -0.2) is 16.3 Å². The van der Waals surface area contributed by atoms with Crippen LogP contribution < -0.4 is 5.32 Å². The van der Waals surface area contributed by atoms with Crippen LogP contribution in [0.15, 0.2) is 0 Å². The fourth-order valence-corrected chi connectivity index (χ4v) is 2.82. The Hall–Kier alpha value is -0.830. The van der Waals surface area contributed by atoms with Crippen LogP contribution in [0.25, 0.3) is 0 Å². The van der Waals surface area contributed by atoms with Crippen molar-refractivity contribution in [2.24, 2.45) is 11.8 Å². The van der Waals surface area contributed by atoms with Crippen LogP contribution in [0.4, 0.5) is 0 Å². The molecule has 1 atom stereocenters. The molecule has 3 heteroatoms. The second kappa shape index (κ2) is 9.24. The van der Waals surface area contributed by atoms with Gasteiger partial charge in [0.15, 0.2) is 0 Å². The molecular weight excluding hydrogens is 258 g/mol. The molecule has 0 radical (unpaired) electrons. The second-order valence-electron chi connectivity index (χ2n) is 6.77. The Morgan fingerprint density at radius 3 is 2.48 bits per heavy atom. The highest BCUT2D eigenvalue weighted by molar-refractivity contribution is 5.24. The smallest absolute Gasteiger partial charge is 0.0641 e. The van der Waals surface area contributed by atoms with E-state index < -0.39 is 0 Å². The van der Waals surface area contributed by atoms with Gasteiger partial charge in [0, 0.05) is 24.3 Å². The minimum atomic E-state index is 0.694. The summed E-state index contributed by atoms with van der Waals surface area (Å²) in [4.78, 5) is 0. The quantitative estimate of drug-likeness (QED) is 0.690. The number of unbranched alkanes of at least 4 members (excludes halogenated alkanes) is 1. The van der Waals surface area contributed by atoms with Gasteiger partial charge < -0.3 is 5.32 Å². The van der Waals surface area contributed by atoms with Crippen molar-refractivity contribution in [3.63, 3.8) is 0 Å². The van der Waals surface area contributed by atoms with Crippen molar-refractivity contribution in [1.82, 2.24) is 15.1 Å². The van der Waals surface area contributed by atoms with Crippen LogP contribution in [0.1, 0.15) is 70.3 Å². The third-order valence-electron chi connectivity index (χ3n) is 4.36. The molecule has 1 rings (SSSR count). The molecule has 0 spiro atoms. The maximum absolute atomic E-state index is 4.78. The van der Waals surface area contributed by atoms with Crippen LogP contribution in [0, 0.1) is 25.7 Å². The molecule has 1 aromatic heterocycles. The van der Waals surface area contributed by atoms with E-state index in [1.54, 1.807) is 0 Å². The molecule has 122 valence electrons. The van der Waals surface area contributed by atoms with Crippen LogP contribution in [0.5, 0.6) is 0 Å². The number of rotatable bonds is 10. The largest absolute Gasteiger partial charge is 0.312 e. The highest BCUT2D eigenvalue weighted by atomic mass is 15.3. The molecule has 0 aliphatic rings. The van der Waals surface area contributed by atoms with E-state index in [9.17, 15) is 0 Å². The third-order valence-corrected chi connectivity index (χ3v) is 4.36. The fraction of sp³-hybridized carbons (Fsp3) is 0.833. The normalized spacial score (nSPS) is 13.1. The van der Waals surface area contributed by atoms with Gasteiger partial charge in [0.05, 0.1) is 5.69 Å². The lowest BCUT2D eigenvalue weighted by molar-refractivity contribution is 0.367. The zero-order chi connectivity index (χ0) is 15.8. The first-order valence-electron chi connectivity index (χ1n) is 8.73. The zero-order valence-corrected chi connectivity index (χ0v) is 15.0. The van der Waals surface area contributed by atoms with Gasteiger partial charge in [-0.2, -0.15) is 5.10 Å². The summed E-state index contributed by atoms with van der Waals surface area (Å²) < 4.78 is 2.24. The lowest BCUT2D eigenvalue weighted by atomic mass is 9.99. The molecule has 0 aliphatic carbocycles. The maximum atomic E-state index is 4.78. The predicted octanol–water partition coefficient (Wildman–Crippen LogP) is 4.46. The molecule has 3 nitrogen and oxygen atoms in total. The van der Waals surface area contributed by atoms with Gasteiger partial charge in [0.1, 0.15) is 0 Å². The molecule has 21 heavy (non-hydrogen) atoms. The summed E-state index contributed by atoms with van der Waals surface area (Å²) in [6.07, 6.45) is 5.20. The third kappa shape index (κ3) is 5.82. The second-order valence-corrected chi connectivity index (χ2v) is 6.77. The molecule has 0 aliphatic heterocycles. The highest BCUT2D eigenvalue weighted by Crippen LogP contribution is 2.19. The lowest BCUT2D eigenvalue weighted by Crippen LogP contribution is -2.20. The molecule has 0 saturated heterocycles. The number of nitrogens with zero attached hydrogens (tertiary/aromatic N) is 2. The summed E-state index contributed by atoms with van der Waals surface area (Å²) in [5.74, 6) is 1.46.